The Labute approximate surface area is 137 Å². The van der Waals surface area contributed by atoms with Crippen molar-refractivity contribution < 1.29 is 23.6 Å². The first kappa shape index (κ1) is 17.7. The van der Waals surface area contributed by atoms with Crippen LogP contribution in [0, 0.1) is 0 Å². The fourth-order valence-electron chi connectivity index (χ4n) is 2.25. The normalized spacial score (nSPS) is 18.7. The van der Waals surface area contributed by atoms with E-state index in [1.807, 2.05) is 27.7 Å². The highest BCUT2D eigenvalue weighted by atomic mass is 16.7. The minimum Gasteiger partial charge on any atom is -0.466 e. The summed E-state index contributed by atoms with van der Waals surface area (Å²) in [6.45, 7) is 9.94. The molecule has 0 N–H and O–H groups in total. The van der Waals surface area contributed by atoms with Gasteiger partial charge in [0, 0.05) is 5.56 Å². The Morgan fingerprint density at radius 2 is 1.57 bits per heavy atom. The average Bonchev–Trinajstić information content (AvgIpc) is 2.68. The van der Waals surface area contributed by atoms with Crippen LogP contribution in [0.2, 0.25) is 0 Å². The lowest BCUT2D eigenvalue weighted by atomic mass is 9.78. The van der Waals surface area contributed by atoms with E-state index in [-0.39, 0.29) is 18.8 Å². The molecule has 23 heavy (non-hydrogen) atoms. The fraction of sp³-hybridized carbons (Fsp3) is 0.529. The highest BCUT2D eigenvalue weighted by Gasteiger charge is 2.51. The van der Waals surface area contributed by atoms with Crippen molar-refractivity contribution in [1.82, 2.24) is 0 Å². The van der Waals surface area contributed by atoms with Gasteiger partial charge in [-0.15, -0.1) is 0 Å². The van der Waals surface area contributed by atoms with Gasteiger partial charge in [-0.05, 0) is 40.1 Å². The van der Waals surface area contributed by atoms with E-state index in [1.165, 1.54) is 0 Å². The summed E-state index contributed by atoms with van der Waals surface area (Å²) in [5, 5.41) is 0. The third kappa shape index (κ3) is 3.82. The molecule has 2 rings (SSSR count). The van der Waals surface area contributed by atoms with Crippen LogP contribution in [-0.4, -0.2) is 36.7 Å². The smallest absolute Gasteiger partial charge is 0.466 e. The molecule has 1 fully saturated rings. The molecule has 1 aromatic rings. The number of hydrogen-bond donors (Lipinski definition) is 0. The molecule has 1 aromatic carbocycles. The van der Waals surface area contributed by atoms with Crippen molar-refractivity contribution >= 4 is 24.3 Å². The van der Waals surface area contributed by atoms with Crippen molar-refractivity contribution in [2.75, 3.05) is 6.61 Å². The van der Waals surface area contributed by atoms with Crippen LogP contribution in [0.25, 0.3) is 0 Å². The van der Waals surface area contributed by atoms with Gasteiger partial charge in [-0.3, -0.25) is 9.59 Å². The molecular weight excluding hydrogens is 295 g/mol. The average molecular weight is 318 g/mol. The lowest BCUT2D eigenvalue weighted by molar-refractivity contribution is -0.141. The summed E-state index contributed by atoms with van der Waals surface area (Å²) < 4.78 is 16.7. The van der Waals surface area contributed by atoms with Gasteiger partial charge in [0.1, 0.15) is 6.42 Å². The second-order valence-electron chi connectivity index (χ2n) is 6.62. The zero-order valence-electron chi connectivity index (χ0n) is 14.3. The van der Waals surface area contributed by atoms with Crippen LogP contribution in [-0.2, 0) is 18.8 Å². The van der Waals surface area contributed by atoms with E-state index < -0.39 is 24.3 Å². The van der Waals surface area contributed by atoms with E-state index in [0.29, 0.717) is 5.56 Å². The molecule has 1 saturated heterocycles. The molecule has 5 nitrogen and oxygen atoms in total. The molecule has 1 aliphatic rings. The molecule has 0 bridgehead atoms. The maximum absolute atomic E-state index is 12.0. The number of esters is 1. The van der Waals surface area contributed by atoms with Crippen molar-refractivity contribution in [2.24, 2.45) is 0 Å². The molecule has 0 saturated carbocycles. The number of Topliss-reactive ketones (excluding diaryl/α,β-unsaturated/α-hetero) is 1. The molecular formula is C17H23BO5. The summed E-state index contributed by atoms with van der Waals surface area (Å²) >= 11 is 0. The Bertz CT molecular complexity index is 576. The molecule has 0 unspecified atom stereocenters. The zero-order chi connectivity index (χ0) is 17.3. The molecule has 0 aromatic heterocycles. The van der Waals surface area contributed by atoms with E-state index in [1.54, 1.807) is 31.2 Å². The van der Waals surface area contributed by atoms with E-state index in [9.17, 15) is 9.59 Å². The van der Waals surface area contributed by atoms with Gasteiger partial charge in [0.25, 0.3) is 0 Å². The number of carbonyl (C=O) groups excluding carboxylic acids is 2. The Morgan fingerprint density at radius 3 is 2.04 bits per heavy atom. The van der Waals surface area contributed by atoms with Crippen molar-refractivity contribution in [3.63, 3.8) is 0 Å². The van der Waals surface area contributed by atoms with Gasteiger partial charge in [-0.2, -0.15) is 0 Å². The van der Waals surface area contributed by atoms with Crippen LogP contribution in [0.1, 0.15) is 51.4 Å². The molecule has 0 atom stereocenters. The largest absolute Gasteiger partial charge is 0.494 e. The van der Waals surface area contributed by atoms with Crippen molar-refractivity contribution in [1.29, 1.82) is 0 Å². The number of rotatable bonds is 5. The van der Waals surface area contributed by atoms with Gasteiger partial charge < -0.3 is 14.0 Å². The summed E-state index contributed by atoms with van der Waals surface area (Å²) in [6.07, 6.45) is -0.246. The van der Waals surface area contributed by atoms with Crippen LogP contribution < -0.4 is 5.46 Å². The maximum atomic E-state index is 12.0. The third-order valence-corrected chi connectivity index (χ3v) is 4.37. The van der Waals surface area contributed by atoms with Crippen LogP contribution in [0.3, 0.4) is 0 Å². The SMILES string of the molecule is CCOC(=O)CC(=O)c1ccc(B2OC(C)(C)C(C)(C)O2)cc1. The number of hydrogen-bond acceptors (Lipinski definition) is 5. The molecule has 0 aliphatic carbocycles. The zero-order valence-corrected chi connectivity index (χ0v) is 14.3. The number of ketones is 1. The van der Waals surface area contributed by atoms with Crippen LogP contribution in [0.15, 0.2) is 24.3 Å². The van der Waals surface area contributed by atoms with E-state index >= 15 is 0 Å². The molecule has 124 valence electrons. The lowest BCUT2D eigenvalue weighted by Gasteiger charge is -2.32. The van der Waals surface area contributed by atoms with Crippen molar-refractivity contribution in [3.05, 3.63) is 29.8 Å². The quantitative estimate of drug-likeness (QED) is 0.360. The molecule has 0 amide bonds. The van der Waals surface area contributed by atoms with Gasteiger partial charge in [0.15, 0.2) is 5.78 Å². The predicted octanol–water partition coefficient (Wildman–Crippen LogP) is 2.12. The highest BCUT2D eigenvalue weighted by Crippen LogP contribution is 2.36. The van der Waals surface area contributed by atoms with Crippen LogP contribution >= 0.6 is 0 Å². The maximum Gasteiger partial charge on any atom is 0.494 e. The number of carbonyl (C=O) groups is 2. The Hall–Kier alpha value is -1.66. The summed E-state index contributed by atoms with van der Waals surface area (Å²) in [7, 11) is -0.464. The van der Waals surface area contributed by atoms with Gasteiger partial charge in [0.2, 0.25) is 0 Å². The van der Waals surface area contributed by atoms with Crippen LogP contribution in [0.5, 0.6) is 0 Å². The summed E-state index contributed by atoms with van der Waals surface area (Å²) in [6, 6.07) is 6.95. The second kappa shape index (κ2) is 6.45. The summed E-state index contributed by atoms with van der Waals surface area (Å²) in [4.78, 5) is 23.4. The van der Waals surface area contributed by atoms with E-state index in [2.05, 4.69) is 0 Å². The molecule has 6 heteroatoms. The van der Waals surface area contributed by atoms with Gasteiger partial charge in [0.05, 0.1) is 17.8 Å². The predicted molar refractivity (Wildman–Crippen MR) is 87.7 cm³/mol. The Morgan fingerprint density at radius 1 is 1.04 bits per heavy atom. The first-order valence-corrected chi connectivity index (χ1v) is 7.80. The standard InChI is InChI=1S/C17H23BO5/c1-6-21-15(20)11-14(19)12-7-9-13(10-8-12)18-22-16(2,3)17(4,5)23-18/h7-10H,6,11H2,1-5H3. The molecule has 0 radical (unpaired) electrons. The Balaban J connectivity index is 2.06. The summed E-state index contributed by atoms with van der Waals surface area (Å²) in [5.74, 6) is -0.767. The minimum absolute atomic E-state index is 0.246. The van der Waals surface area contributed by atoms with Crippen molar-refractivity contribution in [2.45, 2.75) is 52.2 Å². The highest BCUT2D eigenvalue weighted by molar-refractivity contribution is 6.62. The van der Waals surface area contributed by atoms with E-state index in [0.717, 1.165) is 5.46 Å². The topological polar surface area (TPSA) is 61.8 Å². The lowest BCUT2D eigenvalue weighted by Crippen LogP contribution is -2.41. The Kier molecular flexibility index (Phi) is 4.97. The van der Waals surface area contributed by atoms with Gasteiger partial charge >= 0.3 is 13.1 Å². The minimum atomic E-state index is -0.507. The monoisotopic (exact) mass is 318 g/mol. The first-order chi connectivity index (χ1) is 10.7. The number of ether oxygens (including phenoxy) is 1. The molecule has 1 aliphatic heterocycles. The van der Waals surface area contributed by atoms with Crippen LogP contribution in [0.4, 0.5) is 0 Å². The van der Waals surface area contributed by atoms with Gasteiger partial charge in [-0.25, -0.2) is 0 Å². The first-order valence-electron chi connectivity index (χ1n) is 7.80. The third-order valence-electron chi connectivity index (χ3n) is 4.37. The van der Waals surface area contributed by atoms with Crippen molar-refractivity contribution in [3.8, 4) is 0 Å². The summed E-state index contributed by atoms with van der Waals surface area (Å²) in [5.41, 5.74) is 0.501. The molecule has 1 heterocycles. The second-order valence-corrected chi connectivity index (χ2v) is 6.62. The van der Waals surface area contributed by atoms with E-state index in [4.69, 9.17) is 14.0 Å². The number of benzene rings is 1. The fourth-order valence-corrected chi connectivity index (χ4v) is 2.25. The van der Waals surface area contributed by atoms with Gasteiger partial charge in [-0.1, -0.05) is 24.3 Å². The molecule has 0 spiro atoms.